The number of rotatable bonds is 5. The lowest BCUT2D eigenvalue weighted by atomic mass is 10.1. The lowest BCUT2D eigenvalue weighted by Crippen LogP contribution is -2.38. The second-order valence-electron chi connectivity index (χ2n) is 6.10. The van der Waals surface area contributed by atoms with Gasteiger partial charge in [0.15, 0.2) is 0 Å². The Bertz CT molecular complexity index is 768. The van der Waals surface area contributed by atoms with Gasteiger partial charge in [0, 0.05) is 11.7 Å². The van der Waals surface area contributed by atoms with Crippen LogP contribution in [-0.4, -0.2) is 29.1 Å². The van der Waals surface area contributed by atoms with Crippen LogP contribution in [0.4, 0.5) is 5.69 Å². The number of nitrogens with zero attached hydrogens (tertiary/aromatic N) is 1. The number of aliphatic carboxylic acids is 1. The molecule has 1 aliphatic heterocycles. The number of benzene rings is 1. The SMILES string of the molecule is CC1Cc2ccccc2N1Cc1occc1C(=O)N[C@H](C)C(=O)O. The average molecular weight is 328 g/mol. The highest BCUT2D eigenvalue weighted by Crippen LogP contribution is 2.33. The Morgan fingerprint density at radius 3 is 2.88 bits per heavy atom. The first-order valence-electron chi connectivity index (χ1n) is 7.92. The van der Waals surface area contributed by atoms with E-state index in [0.717, 1.165) is 12.1 Å². The topological polar surface area (TPSA) is 82.8 Å². The van der Waals surface area contributed by atoms with Gasteiger partial charge in [-0.15, -0.1) is 0 Å². The van der Waals surface area contributed by atoms with Crippen LogP contribution in [0.3, 0.4) is 0 Å². The third kappa shape index (κ3) is 2.99. The lowest BCUT2D eigenvalue weighted by Gasteiger charge is -2.24. The minimum absolute atomic E-state index is 0.307. The highest BCUT2D eigenvalue weighted by Gasteiger charge is 2.28. The average Bonchev–Trinajstić information content (AvgIpc) is 3.12. The Balaban J connectivity index is 1.79. The smallest absolute Gasteiger partial charge is 0.325 e. The normalized spacial score (nSPS) is 17.4. The number of amides is 1. The number of hydrogen-bond donors (Lipinski definition) is 2. The van der Waals surface area contributed by atoms with Gasteiger partial charge in [-0.3, -0.25) is 9.59 Å². The van der Waals surface area contributed by atoms with Gasteiger partial charge in [0.05, 0.1) is 18.4 Å². The molecule has 24 heavy (non-hydrogen) atoms. The molecule has 1 amide bonds. The molecule has 0 saturated heterocycles. The van der Waals surface area contributed by atoms with Crippen molar-refractivity contribution in [1.82, 2.24) is 5.32 Å². The quantitative estimate of drug-likeness (QED) is 0.881. The summed E-state index contributed by atoms with van der Waals surface area (Å²) in [5.74, 6) is -0.974. The summed E-state index contributed by atoms with van der Waals surface area (Å²) in [6.45, 7) is 4.03. The van der Waals surface area contributed by atoms with E-state index >= 15 is 0 Å². The Kier molecular flexibility index (Phi) is 4.29. The van der Waals surface area contributed by atoms with Crippen LogP contribution in [0, 0.1) is 0 Å². The number of para-hydroxylation sites is 1. The Morgan fingerprint density at radius 2 is 2.12 bits per heavy atom. The summed E-state index contributed by atoms with van der Waals surface area (Å²) >= 11 is 0. The van der Waals surface area contributed by atoms with Crippen molar-refractivity contribution in [1.29, 1.82) is 0 Å². The van der Waals surface area contributed by atoms with Gasteiger partial charge in [0.1, 0.15) is 11.8 Å². The first kappa shape index (κ1) is 16.1. The number of carboxylic acid groups (broad SMARTS) is 1. The lowest BCUT2D eigenvalue weighted by molar-refractivity contribution is -0.138. The molecule has 0 spiro atoms. The van der Waals surface area contributed by atoms with Gasteiger partial charge < -0.3 is 19.7 Å². The van der Waals surface area contributed by atoms with Gasteiger partial charge in [-0.25, -0.2) is 0 Å². The fourth-order valence-corrected chi connectivity index (χ4v) is 3.03. The molecule has 2 N–H and O–H groups in total. The molecule has 1 aliphatic rings. The zero-order valence-electron chi connectivity index (χ0n) is 13.7. The highest BCUT2D eigenvalue weighted by atomic mass is 16.4. The van der Waals surface area contributed by atoms with E-state index in [1.54, 1.807) is 6.07 Å². The molecule has 2 heterocycles. The maximum Gasteiger partial charge on any atom is 0.325 e. The largest absolute Gasteiger partial charge is 0.480 e. The van der Waals surface area contributed by atoms with E-state index in [-0.39, 0.29) is 0 Å². The fourth-order valence-electron chi connectivity index (χ4n) is 3.03. The van der Waals surface area contributed by atoms with Crippen molar-refractivity contribution in [2.45, 2.75) is 38.9 Å². The van der Waals surface area contributed by atoms with E-state index in [1.165, 1.54) is 18.8 Å². The van der Waals surface area contributed by atoms with Crippen molar-refractivity contribution in [3.63, 3.8) is 0 Å². The van der Waals surface area contributed by atoms with E-state index in [1.807, 2.05) is 12.1 Å². The predicted molar refractivity (Wildman–Crippen MR) is 89.1 cm³/mol. The molecule has 2 aromatic rings. The van der Waals surface area contributed by atoms with Gasteiger partial charge in [-0.2, -0.15) is 0 Å². The van der Waals surface area contributed by atoms with Crippen LogP contribution in [0.5, 0.6) is 0 Å². The van der Waals surface area contributed by atoms with Crippen LogP contribution < -0.4 is 10.2 Å². The molecule has 0 radical (unpaired) electrons. The van der Waals surface area contributed by atoms with E-state index in [2.05, 4.69) is 29.3 Å². The summed E-state index contributed by atoms with van der Waals surface area (Å²) in [6.07, 6.45) is 2.41. The molecule has 0 saturated carbocycles. The van der Waals surface area contributed by atoms with Gasteiger partial charge in [-0.1, -0.05) is 18.2 Å². The van der Waals surface area contributed by atoms with Crippen molar-refractivity contribution < 1.29 is 19.1 Å². The summed E-state index contributed by atoms with van der Waals surface area (Å²) in [5.41, 5.74) is 2.80. The maximum absolute atomic E-state index is 12.3. The molecule has 2 atom stereocenters. The van der Waals surface area contributed by atoms with Crippen LogP contribution in [0.15, 0.2) is 41.0 Å². The van der Waals surface area contributed by atoms with Crippen LogP contribution in [0.25, 0.3) is 0 Å². The van der Waals surface area contributed by atoms with E-state index < -0.39 is 17.9 Å². The molecule has 1 aromatic heterocycles. The van der Waals surface area contributed by atoms with Crippen LogP contribution >= 0.6 is 0 Å². The zero-order chi connectivity index (χ0) is 17.3. The Hall–Kier alpha value is -2.76. The number of furan rings is 1. The number of anilines is 1. The number of carbonyl (C=O) groups excluding carboxylic acids is 1. The molecule has 6 heteroatoms. The molecule has 1 unspecified atom stereocenters. The van der Waals surface area contributed by atoms with Gasteiger partial charge in [0.25, 0.3) is 5.91 Å². The number of nitrogens with one attached hydrogen (secondary N) is 1. The molecule has 0 bridgehead atoms. The number of fused-ring (bicyclic) bond motifs is 1. The Labute approximate surface area is 140 Å². The summed E-state index contributed by atoms with van der Waals surface area (Å²) in [5, 5.41) is 11.4. The van der Waals surface area contributed by atoms with Crippen molar-refractivity contribution in [2.75, 3.05) is 4.90 Å². The zero-order valence-corrected chi connectivity index (χ0v) is 13.7. The number of hydrogen-bond acceptors (Lipinski definition) is 4. The summed E-state index contributed by atoms with van der Waals surface area (Å²) in [7, 11) is 0. The van der Waals surface area contributed by atoms with Crippen LogP contribution in [-0.2, 0) is 17.8 Å². The van der Waals surface area contributed by atoms with E-state index in [4.69, 9.17) is 9.52 Å². The molecular weight excluding hydrogens is 308 g/mol. The third-order valence-electron chi connectivity index (χ3n) is 4.37. The minimum atomic E-state index is -1.07. The highest BCUT2D eigenvalue weighted by molar-refractivity contribution is 5.97. The van der Waals surface area contributed by atoms with Crippen molar-refractivity contribution >= 4 is 17.6 Å². The fraction of sp³-hybridized carbons (Fsp3) is 0.333. The standard InChI is InChI=1S/C18H20N2O4/c1-11-9-13-5-3-4-6-15(13)20(11)10-16-14(7-8-24-16)17(21)19-12(2)18(22)23/h3-8,11-12H,9-10H2,1-2H3,(H,19,21)(H,22,23)/t11?,12-/m1/s1. The molecule has 0 aliphatic carbocycles. The van der Waals surface area contributed by atoms with Gasteiger partial charge in [0.2, 0.25) is 0 Å². The van der Waals surface area contributed by atoms with E-state index in [9.17, 15) is 9.59 Å². The molecule has 6 nitrogen and oxygen atoms in total. The van der Waals surface area contributed by atoms with E-state index in [0.29, 0.717) is 23.9 Å². The molecule has 0 fully saturated rings. The number of carbonyl (C=O) groups is 2. The molecule has 126 valence electrons. The predicted octanol–water partition coefficient (Wildman–Crippen LogP) is 2.43. The van der Waals surface area contributed by atoms with Gasteiger partial charge >= 0.3 is 5.97 Å². The van der Waals surface area contributed by atoms with Crippen molar-refractivity contribution in [3.05, 3.63) is 53.5 Å². The Morgan fingerprint density at radius 1 is 1.38 bits per heavy atom. The summed E-state index contributed by atoms with van der Waals surface area (Å²) in [6, 6.07) is 9.12. The minimum Gasteiger partial charge on any atom is -0.480 e. The molecular formula is C18H20N2O4. The van der Waals surface area contributed by atoms with Gasteiger partial charge in [-0.05, 0) is 38.0 Å². The third-order valence-corrected chi connectivity index (χ3v) is 4.37. The van der Waals surface area contributed by atoms with Crippen molar-refractivity contribution in [2.24, 2.45) is 0 Å². The van der Waals surface area contributed by atoms with Crippen LogP contribution in [0.1, 0.15) is 35.5 Å². The monoisotopic (exact) mass is 328 g/mol. The maximum atomic E-state index is 12.3. The first-order valence-corrected chi connectivity index (χ1v) is 7.92. The van der Waals surface area contributed by atoms with Crippen LogP contribution in [0.2, 0.25) is 0 Å². The van der Waals surface area contributed by atoms with Crippen molar-refractivity contribution in [3.8, 4) is 0 Å². The summed E-state index contributed by atoms with van der Waals surface area (Å²) < 4.78 is 5.50. The summed E-state index contributed by atoms with van der Waals surface area (Å²) in [4.78, 5) is 25.4. The second kappa shape index (κ2) is 6.39. The number of carboxylic acids is 1. The first-order chi connectivity index (χ1) is 11.5. The molecule has 1 aromatic carbocycles. The second-order valence-corrected chi connectivity index (χ2v) is 6.10. The molecule has 3 rings (SSSR count).